The Labute approximate surface area is 138 Å². The lowest BCUT2D eigenvalue weighted by Gasteiger charge is -2.28. The summed E-state index contributed by atoms with van der Waals surface area (Å²) >= 11 is 0. The highest BCUT2D eigenvalue weighted by atomic mass is 16.2. The van der Waals surface area contributed by atoms with Crippen LogP contribution in [-0.2, 0) is 24.3 Å². The van der Waals surface area contributed by atoms with Crippen molar-refractivity contribution in [3.63, 3.8) is 0 Å². The molecule has 1 aliphatic heterocycles. The van der Waals surface area contributed by atoms with Crippen LogP contribution in [0.15, 0.2) is 0 Å². The van der Waals surface area contributed by atoms with Crippen molar-refractivity contribution in [2.75, 3.05) is 0 Å². The number of fused-ring (bicyclic) bond motifs is 1. The van der Waals surface area contributed by atoms with Gasteiger partial charge in [0.2, 0.25) is 5.91 Å². The second kappa shape index (κ2) is 7.43. The van der Waals surface area contributed by atoms with E-state index >= 15 is 0 Å². The van der Waals surface area contributed by atoms with E-state index in [2.05, 4.69) is 32.3 Å². The molecule has 0 bridgehead atoms. The first-order valence-electron chi connectivity index (χ1n) is 9.08. The average Bonchev–Trinajstić information content (AvgIpc) is 2.98. The lowest BCUT2D eigenvalue weighted by molar-refractivity contribution is -0.123. The van der Waals surface area contributed by atoms with E-state index in [4.69, 9.17) is 0 Å². The molecule has 1 amide bonds. The molecule has 0 unspecified atom stereocenters. The molecule has 1 fully saturated rings. The largest absolute Gasteiger partial charge is 0.352 e. The van der Waals surface area contributed by atoms with Crippen LogP contribution in [0.2, 0.25) is 0 Å². The second-order valence-corrected chi connectivity index (χ2v) is 7.21. The number of hydrogen-bond acceptors (Lipinski definition) is 4. The van der Waals surface area contributed by atoms with Crippen LogP contribution in [0.1, 0.15) is 64.0 Å². The van der Waals surface area contributed by atoms with Gasteiger partial charge in [0, 0.05) is 19.0 Å². The number of amides is 1. The lowest BCUT2D eigenvalue weighted by atomic mass is 9.87. The smallest absolute Gasteiger partial charge is 0.237 e. The van der Waals surface area contributed by atoms with E-state index in [-0.39, 0.29) is 11.9 Å². The summed E-state index contributed by atoms with van der Waals surface area (Å²) in [5.74, 6) is 2.94. The minimum absolute atomic E-state index is 0.0999. The fourth-order valence-corrected chi connectivity index (χ4v) is 3.57. The SMILES string of the molecule is CC1CCC(NC(=O)[C@@H](C)NCc2nnc3n2CCCC3)CC1. The van der Waals surface area contributed by atoms with E-state index in [0.29, 0.717) is 12.6 Å². The van der Waals surface area contributed by atoms with Gasteiger partial charge in [0.05, 0.1) is 12.6 Å². The maximum Gasteiger partial charge on any atom is 0.237 e. The first-order valence-corrected chi connectivity index (χ1v) is 9.08. The Hall–Kier alpha value is -1.43. The van der Waals surface area contributed by atoms with Gasteiger partial charge in [-0.2, -0.15) is 0 Å². The Morgan fingerprint density at radius 2 is 2.04 bits per heavy atom. The molecule has 2 heterocycles. The van der Waals surface area contributed by atoms with Crippen molar-refractivity contribution in [1.29, 1.82) is 0 Å². The van der Waals surface area contributed by atoms with E-state index < -0.39 is 0 Å². The molecule has 0 radical (unpaired) electrons. The Balaban J connectivity index is 1.46. The summed E-state index contributed by atoms with van der Waals surface area (Å²) < 4.78 is 2.20. The zero-order valence-electron chi connectivity index (χ0n) is 14.3. The highest BCUT2D eigenvalue weighted by molar-refractivity contribution is 5.81. The summed E-state index contributed by atoms with van der Waals surface area (Å²) in [6, 6.07) is 0.148. The monoisotopic (exact) mass is 319 g/mol. The van der Waals surface area contributed by atoms with E-state index in [1.54, 1.807) is 0 Å². The zero-order chi connectivity index (χ0) is 16.2. The summed E-state index contributed by atoms with van der Waals surface area (Å²) in [6.45, 7) is 5.82. The van der Waals surface area contributed by atoms with Crippen LogP contribution in [0.25, 0.3) is 0 Å². The van der Waals surface area contributed by atoms with Crippen molar-refractivity contribution < 1.29 is 4.79 Å². The number of carbonyl (C=O) groups is 1. The fraction of sp³-hybridized carbons (Fsp3) is 0.824. The van der Waals surface area contributed by atoms with E-state index in [0.717, 1.165) is 43.4 Å². The molecule has 1 aromatic rings. The Bertz CT molecular complexity index is 533. The van der Waals surface area contributed by atoms with Crippen LogP contribution >= 0.6 is 0 Å². The predicted octanol–water partition coefficient (Wildman–Crippen LogP) is 1.79. The minimum Gasteiger partial charge on any atom is -0.352 e. The molecule has 6 nitrogen and oxygen atoms in total. The van der Waals surface area contributed by atoms with Crippen molar-refractivity contribution in [3.8, 4) is 0 Å². The van der Waals surface area contributed by atoms with E-state index in [1.807, 2.05) is 6.92 Å². The zero-order valence-corrected chi connectivity index (χ0v) is 14.3. The molecule has 23 heavy (non-hydrogen) atoms. The molecule has 0 saturated heterocycles. The van der Waals surface area contributed by atoms with Crippen LogP contribution < -0.4 is 10.6 Å². The van der Waals surface area contributed by atoms with Gasteiger partial charge in [-0.05, 0) is 51.4 Å². The molecule has 1 saturated carbocycles. The number of nitrogens with one attached hydrogen (secondary N) is 2. The third-order valence-electron chi connectivity index (χ3n) is 5.26. The Morgan fingerprint density at radius 1 is 1.26 bits per heavy atom. The molecule has 6 heteroatoms. The maximum absolute atomic E-state index is 12.3. The quantitative estimate of drug-likeness (QED) is 0.868. The van der Waals surface area contributed by atoms with Gasteiger partial charge < -0.3 is 9.88 Å². The number of rotatable bonds is 5. The molecule has 2 N–H and O–H groups in total. The lowest BCUT2D eigenvalue weighted by Crippen LogP contribution is -2.47. The molecule has 128 valence electrons. The Morgan fingerprint density at radius 3 is 2.83 bits per heavy atom. The highest BCUT2D eigenvalue weighted by Crippen LogP contribution is 2.23. The summed E-state index contributed by atoms with van der Waals surface area (Å²) in [5, 5.41) is 15.0. The summed E-state index contributed by atoms with van der Waals surface area (Å²) in [7, 11) is 0. The fourth-order valence-electron chi connectivity index (χ4n) is 3.57. The molecular formula is C17H29N5O. The van der Waals surface area contributed by atoms with E-state index in [9.17, 15) is 4.79 Å². The van der Waals surface area contributed by atoms with Gasteiger partial charge in [-0.25, -0.2) is 0 Å². The molecular weight excluding hydrogens is 290 g/mol. The van der Waals surface area contributed by atoms with Crippen LogP contribution in [0, 0.1) is 5.92 Å². The molecule has 3 rings (SSSR count). The first-order chi connectivity index (χ1) is 11.1. The standard InChI is InChI=1S/C17H29N5O/c1-12-6-8-14(9-7-12)19-17(23)13(2)18-11-16-21-20-15-5-3-4-10-22(15)16/h12-14,18H,3-11H2,1-2H3,(H,19,23)/t12?,13-,14?/m1/s1. The van der Waals surface area contributed by atoms with Gasteiger partial charge in [0.15, 0.2) is 0 Å². The number of carbonyl (C=O) groups excluding carboxylic acids is 1. The van der Waals surface area contributed by atoms with Crippen molar-refractivity contribution in [2.24, 2.45) is 5.92 Å². The third kappa shape index (κ3) is 4.10. The first kappa shape index (κ1) is 16.4. The van der Waals surface area contributed by atoms with Gasteiger partial charge in [-0.15, -0.1) is 10.2 Å². The molecule has 1 atom stereocenters. The van der Waals surface area contributed by atoms with Crippen LogP contribution in [0.5, 0.6) is 0 Å². The number of aromatic nitrogens is 3. The number of aryl methyl sites for hydroxylation is 1. The second-order valence-electron chi connectivity index (χ2n) is 7.21. The van der Waals surface area contributed by atoms with Gasteiger partial charge in [0.1, 0.15) is 11.6 Å². The molecule has 0 aromatic carbocycles. The van der Waals surface area contributed by atoms with Crippen LogP contribution in [-0.4, -0.2) is 32.8 Å². The van der Waals surface area contributed by atoms with Crippen molar-refractivity contribution in [3.05, 3.63) is 11.6 Å². The van der Waals surface area contributed by atoms with Crippen molar-refractivity contribution >= 4 is 5.91 Å². The number of nitrogens with zero attached hydrogens (tertiary/aromatic N) is 3. The molecule has 1 aromatic heterocycles. The minimum atomic E-state index is -0.203. The molecule has 2 aliphatic rings. The Kier molecular flexibility index (Phi) is 5.30. The molecule has 0 spiro atoms. The summed E-state index contributed by atoms with van der Waals surface area (Å²) in [6.07, 6.45) is 8.06. The van der Waals surface area contributed by atoms with Crippen molar-refractivity contribution in [2.45, 2.75) is 84.0 Å². The third-order valence-corrected chi connectivity index (χ3v) is 5.26. The van der Waals surface area contributed by atoms with E-state index in [1.165, 1.54) is 25.7 Å². The molecule has 1 aliphatic carbocycles. The topological polar surface area (TPSA) is 71.8 Å². The normalized spacial score (nSPS) is 25.7. The van der Waals surface area contributed by atoms with Gasteiger partial charge in [-0.3, -0.25) is 10.1 Å². The highest BCUT2D eigenvalue weighted by Gasteiger charge is 2.22. The van der Waals surface area contributed by atoms with Crippen molar-refractivity contribution in [1.82, 2.24) is 25.4 Å². The maximum atomic E-state index is 12.3. The predicted molar refractivity (Wildman–Crippen MR) is 88.8 cm³/mol. The average molecular weight is 319 g/mol. The number of hydrogen-bond donors (Lipinski definition) is 2. The van der Waals surface area contributed by atoms with Gasteiger partial charge in [-0.1, -0.05) is 6.92 Å². The summed E-state index contributed by atoms with van der Waals surface area (Å²) in [4.78, 5) is 12.3. The van der Waals surface area contributed by atoms with Gasteiger partial charge in [0.25, 0.3) is 0 Å². The van der Waals surface area contributed by atoms with Crippen LogP contribution in [0.3, 0.4) is 0 Å². The van der Waals surface area contributed by atoms with Crippen LogP contribution in [0.4, 0.5) is 0 Å². The van der Waals surface area contributed by atoms with Gasteiger partial charge >= 0.3 is 0 Å². The summed E-state index contributed by atoms with van der Waals surface area (Å²) in [5.41, 5.74) is 0.